The minimum absolute atomic E-state index is 0.107. The van der Waals surface area contributed by atoms with Gasteiger partial charge in [-0.1, -0.05) is 28.1 Å². The molecule has 120 valence electrons. The van der Waals surface area contributed by atoms with Gasteiger partial charge in [0.1, 0.15) is 11.5 Å². The van der Waals surface area contributed by atoms with Gasteiger partial charge in [-0.05, 0) is 42.8 Å². The number of hydrogen-bond acceptors (Lipinski definition) is 4. The van der Waals surface area contributed by atoms with E-state index in [0.717, 1.165) is 15.6 Å². The van der Waals surface area contributed by atoms with Crippen molar-refractivity contribution in [2.75, 3.05) is 13.7 Å². The molecule has 0 aliphatic rings. The lowest BCUT2D eigenvalue weighted by molar-refractivity contribution is -0.123. The molecule has 6 heteroatoms. The van der Waals surface area contributed by atoms with Gasteiger partial charge >= 0.3 is 0 Å². The van der Waals surface area contributed by atoms with E-state index in [1.54, 1.807) is 13.2 Å². The Hall–Kier alpha value is -2.34. The maximum Gasteiger partial charge on any atom is 0.277 e. The second-order valence-electron chi connectivity index (χ2n) is 4.73. The van der Waals surface area contributed by atoms with E-state index in [4.69, 9.17) is 9.47 Å². The zero-order valence-corrected chi connectivity index (χ0v) is 14.5. The van der Waals surface area contributed by atoms with E-state index in [1.165, 1.54) is 6.21 Å². The van der Waals surface area contributed by atoms with Crippen molar-refractivity contribution in [1.82, 2.24) is 5.43 Å². The zero-order valence-electron chi connectivity index (χ0n) is 12.9. The lowest BCUT2D eigenvalue weighted by atomic mass is 10.2. The molecule has 23 heavy (non-hydrogen) atoms. The van der Waals surface area contributed by atoms with E-state index in [2.05, 4.69) is 26.5 Å². The van der Waals surface area contributed by atoms with E-state index in [-0.39, 0.29) is 12.5 Å². The van der Waals surface area contributed by atoms with Gasteiger partial charge in [-0.2, -0.15) is 5.10 Å². The smallest absolute Gasteiger partial charge is 0.277 e. The van der Waals surface area contributed by atoms with Crippen LogP contribution in [-0.4, -0.2) is 25.8 Å². The number of hydrogen-bond donors (Lipinski definition) is 1. The highest BCUT2D eigenvalue weighted by molar-refractivity contribution is 9.10. The Labute approximate surface area is 143 Å². The minimum Gasteiger partial charge on any atom is -0.496 e. The van der Waals surface area contributed by atoms with Gasteiger partial charge in [-0.3, -0.25) is 4.79 Å². The fraction of sp³-hybridized carbons (Fsp3) is 0.176. The summed E-state index contributed by atoms with van der Waals surface area (Å²) in [5.74, 6) is 0.985. The molecule has 0 spiro atoms. The van der Waals surface area contributed by atoms with Crippen molar-refractivity contribution in [2.24, 2.45) is 5.10 Å². The van der Waals surface area contributed by atoms with Gasteiger partial charge in [0.05, 0.1) is 13.3 Å². The number of methoxy groups -OCH3 is 1. The van der Waals surface area contributed by atoms with Gasteiger partial charge in [0.25, 0.3) is 5.91 Å². The number of nitrogens with one attached hydrogen (secondary N) is 1. The van der Waals surface area contributed by atoms with E-state index in [1.807, 2.05) is 43.3 Å². The third kappa shape index (κ3) is 5.10. The number of amides is 1. The maximum absolute atomic E-state index is 11.7. The van der Waals surface area contributed by atoms with Crippen molar-refractivity contribution >= 4 is 28.1 Å². The molecule has 0 aliphatic heterocycles. The molecule has 1 amide bonds. The highest BCUT2D eigenvalue weighted by Gasteiger charge is 2.03. The van der Waals surface area contributed by atoms with Crippen LogP contribution in [0, 0.1) is 6.92 Å². The molecule has 2 aromatic rings. The Morgan fingerprint density at radius 2 is 2.09 bits per heavy atom. The molecular weight excluding hydrogens is 360 g/mol. The standard InChI is InChI=1S/C17H17BrN2O3/c1-12-9-14(7-8-15(12)18)23-11-17(21)20-19-10-13-5-3-4-6-16(13)22-2/h3-10H,11H2,1-2H3,(H,20,21). The molecule has 0 saturated carbocycles. The monoisotopic (exact) mass is 376 g/mol. The van der Waals surface area contributed by atoms with Gasteiger partial charge in [0.2, 0.25) is 0 Å². The summed E-state index contributed by atoms with van der Waals surface area (Å²) in [5, 5.41) is 3.90. The Morgan fingerprint density at radius 3 is 2.83 bits per heavy atom. The number of nitrogens with zero attached hydrogens (tertiary/aromatic N) is 1. The Bertz CT molecular complexity index is 717. The second kappa shape index (κ2) is 8.33. The molecule has 0 radical (unpaired) electrons. The van der Waals surface area contributed by atoms with Crippen LogP contribution in [0.15, 0.2) is 52.0 Å². The first-order valence-electron chi connectivity index (χ1n) is 6.94. The lowest BCUT2D eigenvalue weighted by Crippen LogP contribution is -2.24. The fourth-order valence-electron chi connectivity index (χ4n) is 1.84. The lowest BCUT2D eigenvalue weighted by Gasteiger charge is -2.07. The molecule has 0 aliphatic carbocycles. The van der Waals surface area contributed by atoms with Crippen LogP contribution in [0.4, 0.5) is 0 Å². The molecule has 0 bridgehead atoms. The summed E-state index contributed by atoms with van der Waals surface area (Å²) < 4.78 is 11.6. The van der Waals surface area contributed by atoms with Crippen molar-refractivity contribution in [2.45, 2.75) is 6.92 Å². The number of hydrazone groups is 1. The first-order valence-corrected chi connectivity index (χ1v) is 7.73. The predicted octanol–water partition coefficient (Wildman–Crippen LogP) is 3.30. The molecule has 0 atom stereocenters. The summed E-state index contributed by atoms with van der Waals surface area (Å²) in [6.07, 6.45) is 1.53. The highest BCUT2D eigenvalue weighted by atomic mass is 79.9. The molecule has 2 rings (SSSR count). The van der Waals surface area contributed by atoms with Gasteiger partial charge in [0, 0.05) is 10.0 Å². The normalized spacial score (nSPS) is 10.6. The van der Waals surface area contributed by atoms with Crippen LogP contribution in [0.1, 0.15) is 11.1 Å². The number of para-hydroxylation sites is 1. The Morgan fingerprint density at radius 1 is 1.30 bits per heavy atom. The van der Waals surface area contributed by atoms with E-state index in [0.29, 0.717) is 11.5 Å². The summed E-state index contributed by atoms with van der Waals surface area (Å²) in [4.78, 5) is 11.7. The van der Waals surface area contributed by atoms with E-state index in [9.17, 15) is 4.79 Å². The van der Waals surface area contributed by atoms with Gasteiger partial charge in [-0.15, -0.1) is 0 Å². The van der Waals surface area contributed by atoms with Crippen LogP contribution < -0.4 is 14.9 Å². The van der Waals surface area contributed by atoms with Crippen molar-refractivity contribution in [3.8, 4) is 11.5 Å². The van der Waals surface area contributed by atoms with E-state index >= 15 is 0 Å². The van der Waals surface area contributed by atoms with Gasteiger partial charge in [-0.25, -0.2) is 5.43 Å². The van der Waals surface area contributed by atoms with Crippen LogP contribution in [-0.2, 0) is 4.79 Å². The number of aryl methyl sites for hydroxylation is 1. The highest BCUT2D eigenvalue weighted by Crippen LogP contribution is 2.21. The Kier molecular flexibility index (Phi) is 6.17. The summed E-state index contributed by atoms with van der Waals surface area (Å²) in [5.41, 5.74) is 4.24. The first kappa shape index (κ1) is 17.0. The number of carbonyl (C=O) groups excluding carboxylic acids is 1. The van der Waals surface area contributed by atoms with Crippen LogP contribution in [0.2, 0.25) is 0 Å². The number of ether oxygens (including phenoxy) is 2. The fourth-order valence-corrected chi connectivity index (χ4v) is 2.08. The average molecular weight is 377 g/mol. The summed E-state index contributed by atoms with van der Waals surface area (Å²) >= 11 is 3.41. The van der Waals surface area contributed by atoms with Crippen LogP contribution in [0.5, 0.6) is 11.5 Å². The quantitative estimate of drug-likeness (QED) is 0.621. The van der Waals surface area contributed by atoms with Crippen molar-refractivity contribution in [3.05, 3.63) is 58.1 Å². The largest absolute Gasteiger partial charge is 0.496 e. The van der Waals surface area contributed by atoms with Crippen LogP contribution in [0.25, 0.3) is 0 Å². The molecule has 0 fully saturated rings. The summed E-state index contributed by atoms with van der Waals surface area (Å²) in [6, 6.07) is 12.9. The third-order valence-corrected chi connectivity index (χ3v) is 3.92. The molecule has 2 aromatic carbocycles. The molecule has 5 nitrogen and oxygen atoms in total. The van der Waals surface area contributed by atoms with E-state index < -0.39 is 0 Å². The Balaban J connectivity index is 1.85. The summed E-state index contributed by atoms with van der Waals surface area (Å²) in [7, 11) is 1.58. The second-order valence-corrected chi connectivity index (χ2v) is 5.59. The third-order valence-electron chi connectivity index (χ3n) is 3.03. The van der Waals surface area contributed by atoms with Gasteiger partial charge in [0.15, 0.2) is 6.61 Å². The topological polar surface area (TPSA) is 59.9 Å². The zero-order chi connectivity index (χ0) is 16.7. The van der Waals surface area contributed by atoms with Crippen LogP contribution >= 0.6 is 15.9 Å². The van der Waals surface area contributed by atoms with Crippen molar-refractivity contribution < 1.29 is 14.3 Å². The number of halogens is 1. The molecular formula is C17H17BrN2O3. The molecule has 1 N–H and O–H groups in total. The first-order chi connectivity index (χ1) is 11.1. The predicted molar refractivity (Wildman–Crippen MR) is 93.1 cm³/mol. The summed E-state index contributed by atoms with van der Waals surface area (Å²) in [6.45, 7) is 1.85. The number of rotatable bonds is 6. The maximum atomic E-state index is 11.7. The van der Waals surface area contributed by atoms with Crippen molar-refractivity contribution in [3.63, 3.8) is 0 Å². The molecule has 0 heterocycles. The molecule has 0 saturated heterocycles. The molecule has 0 unspecified atom stereocenters. The average Bonchev–Trinajstić information content (AvgIpc) is 2.56. The molecule has 0 aromatic heterocycles. The SMILES string of the molecule is COc1ccccc1C=NNC(=O)COc1ccc(Br)c(C)c1. The number of benzene rings is 2. The number of carbonyl (C=O) groups is 1. The van der Waals surface area contributed by atoms with Crippen molar-refractivity contribution in [1.29, 1.82) is 0 Å². The minimum atomic E-state index is -0.336. The van der Waals surface area contributed by atoms with Crippen LogP contribution in [0.3, 0.4) is 0 Å². The van der Waals surface area contributed by atoms with Gasteiger partial charge < -0.3 is 9.47 Å².